The highest BCUT2D eigenvalue weighted by molar-refractivity contribution is 5.70. The molecule has 2 rings (SSSR count). The Bertz CT molecular complexity index is 706. The molecule has 0 saturated carbocycles. The highest BCUT2D eigenvalue weighted by Gasteiger charge is 2.37. The van der Waals surface area contributed by atoms with Crippen molar-refractivity contribution in [3.05, 3.63) is 26.7 Å². The molecule has 0 atom stereocenters. The zero-order valence-corrected chi connectivity index (χ0v) is 8.79. The monoisotopic (exact) mass is 248 g/mol. The molecule has 0 bridgehead atoms. The van der Waals surface area contributed by atoms with E-state index in [-0.39, 0.29) is 11.2 Å². The molecule has 0 amide bonds. The van der Waals surface area contributed by atoms with Gasteiger partial charge in [-0.3, -0.25) is 14.3 Å². The molecule has 1 N–H and O–H groups in total. The van der Waals surface area contributed by atoms with Crippen molar-refractivity contribution in [3.63, 3.8) is 0 Å². The molecular weight excluding hydrogens is 241 g/mol. The summed E-state index contributed by atoms with van der Waals surface area (Å²) in [4.78, 5) is 27.8. The number of aromatic nitrogens is 4. The van der Waals surface area contributed by atoms with E-state index in [9.17, 15) is 22.8 Å². The zero-order valence-electron chi connectivity index (χ0n) is 8.79. The molecule has 0 radical (unpaired) electrons. The van der Waals surface area contributed by atoms with Gasteiger partial charge in [-0.25, -0.2) is 9.78 Å². The number of halogens is 3. The Balaban J connectivity index is 3.03. The van der Waals surface area contributed by atoms with Gasteiger partial charge >= 0.3 is 11.9 Å². The van der Waals surface area contributed by atoms with Gasteiger partial charge in [0.25, 0.3) is 5.56 Å². The summed E-state index contributed by atoms with van der Waals surface area (Å²) < 4.78 is 39.2. The van der Waals surface area contributed by atoms with Crippen LogP contribution in [0.25, 0.3) is 11.2 Å². The fraction of sp³-hybridized carbons (Fsp3) is 0.375. The van der Waals surface area contributed by atoms with E-state index < -0.39 is 23.2 Å². The summed E-state index contributed by atoms with van der Waals surface area (Å²) in [5.74, 6) is -1.22. The van der Waals surface area contributed by atoms with Gasteiger partial charge in [-0.05, 0) is 0 Å². The van der Waals surface area contributed by atoms with Crippen molar-refractivity contribution in [2.24, 2.45) is 14.1 Å². The first-order valence-corrected chi connectivity index (χ1v) is 4.46. The summed E-state index contributed by atoms with van der Waals surface area (Å²) in [6, 6.07) is 0. The van der Waals surface area contributed by atoms with E-state index in [1.54, 1.807) is 0 Å². The lowest BCUT2D eigenvalue weighted by molar-refractivity contribution is -0.146. The van der Waals surface area contributed by atoms with Gasteiger partial charge in [0, 0.05) is 14.1 Å². The van der Waals surface area contributed by atoms with Gasteiger partial charge in [-0.1, -0.05) is 0 Å². The third kappa shape index (κ3) is 1.54. The predicted octanol–water partition coefficient (Wildman–Crippen LogP) is -0.0209. The maximum Gasteiger partial charge on any atom is 0.449 e. The van der Waals surface area contributed by atoms with Crippen LogP contribution in [0.2, 0.25) is 0 Å². The fourth-order valence-corrected chi connectivity index (χ4v) is 1.56. The van der Waals surface area contributed by atoms with Gasteiger partial charge < -0.3 is 4.57 Å². The van der Waals surface area contributed by atoms with E-state index in [0.29, 0.717) is 4.57 Å². The lowest BCUT2D eigenvalue weighted by atomic mass is 10.5. The first-order valence-electron chi connectivity index (χ1n) is 4.46. The Labute approximate surface area is 91.3 Å². The van der Waals surface area contributed by atoms with Crippen LogP contribution in [0.1, 0.15) is 5.82 Å². The highest BCUT2D eigenvalue weighted by Crippen LogP contribution is 2.29. The molecule has 2 aromatic heterocycles. The van der Waals surface area contributed by atoms with Crippen LogP contribution < -0.4 is 11.2 Å². The van der Waals surface area contributed by atoms with Crippen LogP contribution in [0.3, 0.4) is 0 Å². The summed E-state index contributed by atoms with van der Waals surface area (Å²) in [6.45, 7) is 0. The Morgan fingerprint density at radius 3 is 2.29 bits per heavy atom. The number of imidazole rings is 1. The first-order chi connectivity index (χ1) is 7.73. The van der Waals surface area contributed by atoms with Crippen LogP contribution in [0.15, 0.2) is 9.59 Å². The summed E-state index contributed by atoms with van der Waals surface area (Å²) in [6.07, 6.45) is -4.68. The number of aromatic amines is 1. The summed E-state index contributed by atoms with van der Waals surface area (Å²) >= 11 is 0. The number of rotatable bonds is 0. The van der Waals surface area contributed by atoms with Crippen molar-refractivity contribution in [2.75, 3.05) is 0 Å². The van der Waals surface area contributed by atoms with E-state index in [4.69, 9.17) is 0 Å². The lowest BCUT2D eigenvalue weighted by Gasteiger charge is -2.04. The van der Waals surface area contributed by atoms with Crippen LogP contribution >= 0.6 is 0 Å². The van der Waals surface area contributed by atoms with Gasteiger partial charge in [0.05, 0.1) is 0 Å². The minimum Gasteiger partial charge on any atom is -0.318 e. The molecular formula is C8H7F3N4O2. The maximum atomic E-state index is 12.6. The second-order valence-electron chi connectivity index (χ2n) is 3.48. The highest BCUT2D eigenvalue weighted by atomic mass is 19.4. The number of nitrogens with zero attached hydrogens (tertiary/aromatic N) is 3. The van der Waals surface area contributed by atoms with Crippen molar-refractivity contribution in [1.82, 2.24) is 19.1 Å². The van der Waals surface area contributed by atoms with Gasteiger partial charge in [-0.15, -0.1) is 0 Å². The van der Waals surface area contributed by atoms with Crippen LogP contribution in [0.5, 0.6) is 0 Å². The topological polar surface area (TPSA) is 72.7 Å². The third-order valence-electron chi connectivity index (χ3n) is 2.39. The number of H-pyrrole nitrogens is 1. The van der Waals surface area contributed by atoms with Crippen LogP contribution in [0.4, 0.5) is 13.2 Å². The van der Waals surface area contributed by atoms with E-state index in [2.05, 4.69) is 4.98 Å². The Hall–Kier alpha value is -2.06. The third-order valence-corrected chi connectivity index (χ3v) is 2.39. The van der Waals surface area contributed by atoms with E-state index in [0.717, 1.165) is 11.6 Å². The minimum absolute atomic E-state index is 0.292. The summed E-state index contributed by atoms with van der Waals surface area (Å²) in [7, 11) is 2.30. The standard InChI is InChI=1S/C8H7F3N4O2/c1-14-3-4(12-6(14)8(9,10)11)15(2)7(17)13-5(3)16/h1-2H3,(H,13,16,17). The Kier molecular flexibility index (Phi) is 2.16. The van der Waals surface area contributed by atoms with Crippen molar-refractivity contribution < 1.29 is 13.2 Å². The molecule has 2 heterocycles. The Morgan fingerprint density at radius 2 is 1.76 bits per heavy atom. The number of nitrogens with one attached hydrogen (secondary N) is 1. The van der Waals surface area contributed by atoms with Crippen LogP contribution in [-0.2, 0) is 20.3 Å². The number of alkyl halides is 3. The largest absolute Gasteiger partial charge is 0.449 e. The van der Waals surface area contributed by atoms with E-state index in [1.807, 2.05) is 4.98 Å². The van der Waals surface area contributed by atoms with Crippen molar-refractivity contribution in [1.29, 1.82) is 0 Å². The van der Waals surface area contributed by atoms with Crippen LogP contribution in [-0.4, -0.2) is 19.1 Å². The molecule has 0 spiro atoms. The van der Waals surface area contributed by atoms with Gasteiger partial charge in [0.2, 0.25) is 5.82 Å². The van der Waals surface area contributed by atoms with Gasteiger partial charge in [0.15, 0.2) is 11.2 Å². The molecule has 6 nitrogen and oxygen atoms in total. The summed E-state index contributed by atoms with van der Waals surface area (Å²) in [5.41, 5.74) is -2.30. The molecule has 0 unspecified atom stereocenters. The second kappa shape index (κ2) is 3.22. The molecule has 17 heavy (non-hydrogen) atoms. The van der Waals surface area contributed by atoms with Gasteiger partial charge in [-0.2, -0.15) is 13.2 Å². The van der Waals surface area contributed by atoms with E-state index >= 15 is 0 Å². The lowest BCUT2D eigenvalue weighted by Crippen LogP contribution is -2.29. The molecule has 0 aliphatic carbocycles. The van der Waals surface area contributed by atoms with Crippen molar-refractivity contribution in [2.45, 2.75) is 6.18 Å². The second-order valence-corrected chi connectivity index (χ2v) is 3.48. The zero-order chi connectivity index (χ0) is 13.0. The average Bonchev–Trinajstić information content (AvgIpc) is 2.52. The predicted molar refractivity (Wildman–Crippen MR) is 51.6 cm³/mol. The van der Waals surface area contributed by atoms with Crippen molar-refractivity contribution in [3.8, 4) is 0 Å². The minimum atomic E-state index is -4.68. The maximum absolute atomic E-state index is 12.6. The Morgan fingerprint density at radius 1 is 1.18 bits per heavy atom. The molecule has 9 heteroatoms. The number of hydrogen-bond donors (Lipinski definition) is 1. The first kappa shape index (κ1) is 11.4. The quantitative estimate of drug-likeness (QED) is 0.712. The van der Waals surface area contributed by atoms with Crippen molar-refractivity contribution >= 4 is 11.2 Å². The smallest absolute Gasteiger partial charge is 0.318 e. The van der Waals surface area contributed by atoms with Crippen LogP contribution in [0, 0.1) is 0 Å². The normalized spacial score (nSPS) is 12.3. The van der Waals surface area contributed by atoms with E-state index in [1.165, 1.54) is 7.05 Å². The number of fused-ring (bicyclic) bond motifs is 1. The average molecular weight is 248 g/mol. The molecule has 0 aliphatic heterocycles. The number of aryl methyl sites for hydroxylation is 2. The number of hydrogen-bond acceptors (Lipinski definition) is 3. The molecule has 2 aromatic rings. The summed E-state index contributed by atoms with van der Waals surface area (Å²) in [5, 5.41) is 0. The molecule has 0 aromatic carbocycles. The molecule has 92 valence electrons. The molecule has 0 saturated heterocycles. The van der Waals surface area contributed by atoms with Gasteiger partial charge in [0.1, 0.15) is 0 Å². The molecule has 0 aliphatic rings. The fourth-order valence-electron chi connectivity index (χ4n) is 1.56. The molecule has 0 fully saturated rings. The SMILES string of the molecule is Cn1c(C(F)(F)F)nc2c1c(=O)[nH]c(=O)n2C.